The average molecular weight is 204 g/mol. The Morgan fingerprint density at radius 3 is 2.36 bits per heavy atom. The van der Waals surface area contributed by atoms with E-state index in [0.717, 1.165) is 0 Å². The van der Waals surface area contributed by atoms with Crippen LogP contribution in [-0.4, -0.2) is 17.9 Å². The largest absolute Gasteiger partial charge is 0.431 e. The Morgan fingerprint density at radius 2 is 2.00 bits per heavy atom. The van der Waals surface area contributed by atoms with Crippen LogP contribution in [0.15, 0.2) is 11.8 Å². The summed E-state index contributed by atoms with van der Waals surface area (Å²) < 4.78 is 36.0. The summed E-state index contributed by atoms with van der Waals surface area (Å²) in [4.78, 5) is 21.6. The predicted molar refractivity (Wildman–Crippen MR) is 36.4 cm³/mol. The number of amides is 1. The standard InChI is InChI=1S/C7H3F3N2O2/c8-7(9,10)5-1-4(13)3(2-11)6(14)12-5/h1,3H,(H,12,14). The van der Waals surface area contributed by atoms with Crippen LogP contribution >= 0.6 is 0 Å². The lowest BCUT2D eigenvalue weighted by Crippen LogP contribution is -2.42. The van der Waals surface area contributed by atoms with Gasteiger partial charge in [0.05, 0.1) is 6.07 Å². The molecule has 1 unspecified atom stereocenters. The Kier molecular flexibility index (Phi) is 2.30. The highest BCUT2D eigenvalue weighted by molar-refractivity contribution is 6.12. The van der Waals surface area contributed by atoms with E-state index < -0.39 is 29.5 Å². The molecule has 1 heterocycles. The second-order valence-corrected chi connectivity index (χ2v) is 2.51. The molecule has 74 valence electrons. The van der Waals surface area contributed by atoms with E-state index in [2.05, 4.69) is 0 Å². The molecule has 0 saturated carbocycles. The minimum Gasteiger partial charge on any atom is -0.320 e. The summed E-state index contributed by atoms with van der Waals surface area (Å²) in [6, 6.07) is 1.30. The number of halogens is 3. The third kappa shape index (κ3) is 1.74. The van der Waals surface area contributed by atoms with E-state index in [-0.39, 0.29) is 6.08 Å². The Labute approximate surface area is 76.0 Å². The summed E-state index contributed by atoms with van der Waals surface area (Å²) in [7, 11) is 0. The van der Waals surface area contributed by atoms with Crippen LogP contribution < -0.4 is 5.32 Å². The van der Waals surface area contributed by atoms with Crippen molar-refractivity contribution < 1.29 is 22.8 Å². The van der Waals surface area contributed by atoms with E-state index in [1.165, 1.54) is 11.4 Å². The molecule has 0 aromatic carbocycles. The molecule has 1 aliphatic rings. The highest BCUT2D eigenvalue weighted by atomic mass is 19.4. The van der Waals surface area contributed by atoms with Crippen LogP contribution in [0.25, 0.3) is 0 Å². The summed E-state index contributed by atoms with van der Waals surface area (Å²) >= 11 is 0. The van der Waals surface area contributed by atoms with Gasteiger partial charge >= 0.3 is 6.18 Å². The zero-order valence-electron chi connectivity index (χ0n) is 6.55. The number of alkyl halides is 3. The van der Waals surface area contributed by atoms with Crippen molar-refractivity contribution in [1.82, 2.24) is 5.32 Å². The summed E-state index contributed by atoms with van der Waals surface area (Å²) in [6.07, 6.45) is -4.57. The highest BCUT2D eigenvalue weighted by Gasteiger charge is 2.41. The number of nitrogens with one attached hydrogen (secondary N) is 1. The number of hydrogen-bond acceptors (Lipinski definition) is 3. The normalized spacial score (nSPS) is 22.4. The summed E-state index contributed by atoms with van der Waals surface area (Å²) in [6.45, 7) is 0. The third-order valence-electron chi connectivity index (χ3n) is 1.53. The second kappa shape index (κ2) is 3.14. The zero-order chi connectivity index (χ0) is 10.9. The number of hydrogen-bond donors (Lipinski definition) is 1. The SMILES string of the molecule is N#CC1C(=O)C=C(C(F)(F)F)NC1=O. The van der Waals surface area contributed by atoms with E-state index in [9.17, 15) is 22.8 Å². The van der Waals surface area contributed by atoms with Gasteiger partial charge in [-0.2, -0.15) is 18.4 Å². The number of nitrogens with zero attached hydrogens (tertiary/aromatic N) is 1. The number of rotatable bonds is 0. The molecule has 0 aromatic rings. The van der Waals surface area contributed by atoms with Crippen molar-refractivity contribution >= 4 is 11.7 Å². The molecule has 1 N–H and O–H groups in total. The Hall–Kier alpha value is -1.84. The quantitative estimate of drug-likeness (QED) is 0.576. The number of carbonyl (C=O) groups is 2. The van der Waals surface area contributed by atoms with Crippen molar-refractivity contribution in [2.24, 2.45) is 5.92 Å². The molecule has 0 aliphatic carbocycles. The first-order chi connectivity index (χ1) is 6.36. The van der Waals surface area contributed by atoms with Gasteiger partial charge in [-0.25, -0.2) is 0 Å². The topological polar surface area (TPSA) is 70.0 Å². The minimum atomic E-state index is -4.79. The molecular weight excluding hydrogens is 201 g/mol. The van der Waals surface area contributed by atoms with Crippen LogP contribution in [0, 0.1) is 17.2 Å². The van der Waals surface area contributed by atoms with Crippen molar-refractivity contribution in [1.29, 1.82) is 5.26 Å². The van der Waals surface area contributed by atoms with Crippen LogP contribution in [0.5, 0.6) is 0 Å². The molecule has 0 radical (unpaired) electrons. The van der Waals surface area contributed by atoms with Crippen LogP contribution in [-0.2, 0) is 9.59 Å². The molecule has 1 aliphatic heterocycles. The number of allylic oxidation sites excluding steroid dienone is 2. The van der Waals surface area contributed by atoms with Crippen LogP contribution in [0.2, 0.25) is 0 Å². The summed E-state index contributed by atoms with van der Waals surface area (Å²) in [5.74, 6) is -4.07. The van der Waals surface area contributed by atoms with Gasteiger partial charge in [-0.05, 0) is 0 Å². The lowest BCUT2D eigenvalue weighted by molar-refractivity contribution is -0.136. The van der Waals surface area contributed by atoms with Crippen LogP contribution in [0.1, 0.15) is 0 Å². The van der Waals surface area contributed by atoms with E-state index in [1.54, 1.807) is 0 Å². The summed E-state index contributed by atoms with van der Waals surface area (Å²) in [5, 5.41) is 9.72. The number of nitriles is 1. The van der Waals surface area contributed by atoms with E-state index in [0.29, 0.717) is 0 Å². The molecule has 7 heteroatoms. The summed E-state index contributed by atoms with van der Waals surface area (Å²) in [5.41, 5.74) is -1.43. The monoisotopic (exact) mass is 204 g/mol. The molecule has 0 bridgehead atoms. The molecule has 0 spiro atoms. The fourth-order valence-corrected chi connectivity index (χ4v) is 0.871. The van der Waals surface area contributed by atoms with E-state index >= 15 is 0 Å². The van der Waals surface area contributed by atoms with Crippen molar-refractivity contribution in [3.8, 4) is 6.07 Å². The molecule has 14 heavy (non-hydrogen) atoms. The van der Waals surface area contributed by atoms with Gasteiger partial charge in [0.2, 0.25) is 5.91 Å². The molecule has 0 fully saturated rings. The van der Waals surface area contributed by atoms with Crippen LogP contribution in [0.4, 0.5) is 13.2 Å². The Bertz CT molecular complexity index is 364. The maximum atomic E-state index is 12.0. The van der Waals surface area contributed by atoms with Crippen molar-refractivity contribution in [3.05, 3.63) is 11.8 Å². The Morgan fingerprint density at radius 1 is 1.43 bits per heavy atom. The first kappa shape index (κ1) is 10.2. The smallest absolute Gasteiger partial charge is 0.320 e. The van der Waals surface area contributed by atoms with Gasteiger partial charge < -0.3 is 5.32 Å². The molecule has 4 nitrogen and oxygen atoms in total. The van der Waals surface area contributed by atoms with E-state index in [4.69, 9.17) is 5.26 Å². The highest BCUT2D eigenvalue weighted by Crippen LogP contribution is 2.26. The van der Waals surface area contributed by atoms with Crippen LogP contribution in [0.3, 0.4) is 0 Å². The minimum absolute atomic E-state index is 0.218. The molecule has 1 rings (SSSR count). The molecular formula is C7H3F3N2O2. The van der Waals surface area contributed by atoms with Gasteiger partial charge in [0.1, 0.15) is 5.70 Å². The lowest BCUT2D eigenvalue weighted by Gasteiger charge is -2.18. The first-order valence-corrected chi connectivity index (χ1v) is 3.39. The Balaban J connectivity index is 3.04. The fourth-order valence-electron chi connectivity index (χ4n) is 0.871. The number of carbonyl (C=O) groups excluding carboxylic acids is 2. The van der Waals surface area contributed by atoms with Gasteiger partial charge in [-0.15, -0.1) is 0 Å². The molecule has 0 aromatic heterocycles. The zero-order valence-corrected chi connectivity index (χ0v) is 6.55. The predicted octanol–water partition coefficient (Wildman–Crippen LogP) is 0.271. The second-order valence-electron chi connectivity index (χ2n) is 2.51. The molecule has 0 saturated heterocycles. The van der Waals surface area contributed by atoms with E-state index in [1.807, 2.05) is 0 Å². The van der Waals surface area contributed by atoms with Gasteiger partial charge in [-0.1, -0.05) is 0 Å². The fraction of sp³-hybridized carbons (Fsp3) is 0.286. The van der Waals surface area contributed by atoms with Crippen molar-refractivity contribution in [3.63, 3.8) is 0 Å². The lowest BCUT2D eigenvalue weighted by atomic mass is 10.0. The maximum Gasteiger partial charge on any atom is 0.431 e. The molecule has 1 amide bonds. The van der Waals surface area contributed by atoms with Crippen molar-refractivity contribution in [2.45, 2.75) is 6.18 Å². The van der Waals surface area contributed by atoms with Crippen molar-refractivity contribution in [2.75, 3.05) is 0 Å². The number of ketones is 1. The van der Waals surface area contributed by atoms with Gasteiger partial charge in [0.25, 0.3) is 0 Å². The van der Waals surface area contributed by atoms with Gasteiger partial charge in [0.15, 0.2) is 11.7 Å². The maximum absolute atomic E-state index is 12.0. The molecule has 1 atom stereocenters. The first-order valence-electron chi connectivity index (χ1n) is 3.39. The van der Waals surface area contributed by atoms with Gasteiger partial charge in [0, 0.05) is 6.08 Å². The third-order valence-corrected chi connectivity index (χ3v) is 1.53. The average Bonchev–Trinajstić information content (AvgIpc) is 2.01. The van der Waals surface area contributed by atoms with Gasteiger partial charge in [-0.3, -0.25) is 9.59 Å².